The quantitative estimate of drug-likeness (QED) is 0.635. The Bertz CT molecular complexity index is 215. The normalized spacial score (nSPS) is 23.9. The van der Waals surface area contributed by atoms with Gasteiger partial charge < -0.3 is 14.7 Å². The van der Waals surface area contributed by atoms with E-state index in [1.54, 1.807) is 25.7 Å². The monoisotopic (exact) mass is 264 g/mol. The molecule has 2 aliphatic rings. The van der Waals surface area contributed by atoms with Gasteiger partial charge in [-0.3, -0.25) is 0 Å². The molecule has 0 spiro atoms. The van der Waals surface area contributed by atoms with Crippen molar-refractivity contribution in [3.05, 3.63) is 0 Å². The first-order chi connectivity index (χ1) is 7.97. The van der Waals surface area contributed by atoms with Crippen molar-refractivity contribution < 1.29 is 19.2 Å². The molecule has 0 amide bonds. The molecule has 0 aliphatic heterocycles. The highest BCUT2D eigenvalue weighted by atomic mass is 31.2. The van der Waals surface area contributed by atoms with E-state index in [1.165, 1.54) is 38.5 Å². The van der Waals surface area contributed by atoms with E-state index in [0.717, 1.165) is 11.8 Å². The van der Waals surface area contributed by atoms with E-state index in [-0.39, 0.29) is 0 Å². The van der Waals surface area contributed by atoms with Crippen molar-refractivity contribution in [2.75, 3.05) is 0 Å². The average molecular weight is 264 g/mol. The van der Waals surface area contributed by atoms with Gasteiger partial charge in [0.2, 0.25) is 0 Å². The molecule has 0 aromatic rings. The SMILES string of the molecule is C1CCC(C2CCCCC2)CC1.O=P(O)(O)O. The van der Waals surface area contributed by atoms with Crippen LogP contribution >= 0.6 is 7.82 Å². The average Bonchev–Trinajstić information content (AvgIpc) is 2.29. The Morgan fingerprint density at radius 1 is 0.647 bits per heavy atom. The van der Waals surface area contributed by atoms with Gasteiger partial charge in [-0.25, -0.2) is 4.57 Å². The molecule has 0 aromatic heterocycles. The van der Waals surface area contributed by atoms with E-state index in [4.69, 9.17) is 19.2 Å². The van der Waals surface area contributed by atoms with Gasteiger partial charge in [-0.2, -0.15) is 0 Å². The zero-order chi connectivity index (χ0) is 12.7. The molecular formula is C12H25O4P. The largest absolute Gasteiger partial charge is 0.466 e. The van der Waals surface area contributed by atoms with E-state index >= 15 is 0 Å². The van der Waals surface area contributed by atoms with Gasteiger partial charge in [-0.05, 0) is 11.8 Å². The van der Waals surface area contributed by atoms with Crippen molar-refractivity contribution in [3.63, 3.8) is 0 Å². The molecule has 0 aromatic carbocycles. The fraction of sp³-hybridized carbons (Fsp3) is 1.00. The van der Waals surface area contributed by atoms with Crippen molar-refractivity contribution in [1.29, 1.82) is 0 Å². The molecule has 0 heterocycles. The Balaban J connectivity index is 0.000000249. The lowest BCUT2D eigenvalue weighted by molar-refractivity contribution is 0.196. The summed E-state index contributed by atoms with van der Waals surface area (Å²) in [5.41, 5.74) is 0. The Morgan fingerprint density at radius 2 is 0.882 bits per heavy atom. The zero-order valence-corrected chi connectivity index (χ0v) is 11.3. The molecule has 0 bridgehead atoms. The minimum Gasteiger partial charge on any atom is -0.303 e. The Hall–Kier alpha value is 0.110. The molecule has 2 rings (SSSR count). The van der Waals surface area contributed by atoms with Crippen molar-refractivity contribution in [2.45, 2.75) is 64.2 Å². The zero-order valence-electron chi connectivity index (χ0n) is 10.4. The lowest BCUT2D eigenvalue weighted by Crippen LogP contribution is -2.20. The molecule has 2 fully saturated rings. The first kappa shape index (κ1) is 15.2. The van der Waals surface area contributed by atoms with Gasteiger partial charge in [-0.15, -0.1) is 0 Å². The lowest BCUT2D eigenvalue weighted by atomic mass is 9.73. The van der Waals surface area contributed by atoms with Crippen LogP contribution in [0.5, 0.6) is 0 Å². The maximum Gasteiger partial charge on any atom is 0.466 e. The Kier molecular flexibility index (Phi) is 6.71. The lowest BCUT2D eigenvalue weighted by Gasteiger charge is -2.32. The van der Waals surface area contributed by atoms with E-state index < -0.39 is 7.82 Å². The molecule has 3 N–H and O–H groups in total. The van der Waals surface area contributed by atoms with Crippen molar-refractivity contribution in [2.24, 2.45) is 11.8 Å². The molecule has 2 aliphatic carbocycles. The molecule has 4 nitrogen and oxygen atoms in total. The molecule has 102 valence electrons. The minimum atomic E-state index is -4.64. The summed E-state index contributed by atoms with van der Waals surface area (Å²) in [5.74, 6) is 2.28. The highest BCUT2D eigenvalue weighted by Crippen LogP contribution is 2.37. The van der Waals surface area contributed by atoms with Gasteiger partial charge in [-0.1, -0.05) is 64.2 Å². The van der Waals surface area contributed by atoms with E-state index in [0.29, 0.717) is 0 Å². The van der Waals surface area contributed by atoms with Gasteiger partial charge in [0, 0.05) is 0 Å². The standard InChI is InChI=1S/C12H22.H3O4P/c1-3-7-11(8-4-1)12-9-5-2-6-10-12;1-5(2,3)4/h11-12H,1-10H2;(H3,1,2,3,4). The number of rotatable bonds is 1. The van der Waals surface area contributed by atoms with Crippen molar-refractivity contribution in [3.8, 4) is 0 Å². The molecule has 2 saturated carbocycles. The van der Waals surface area contributed by atoms with Gasteiger partial charge in [0.25, 0.3) is 0 Å². The highest BCUT2D eigenvalue weighted by molar-refractivity contribution is 7.45. The first-order valence-electron chi connectivity index (χ1n) is 6.75. The summed E-state index contributed by atoms with van der Waals surface area (Å²) in [4.78, 5) is 21.6. The highest BCUT2D eigenvalue weighted by Gasteiger charge is 2.24. The van der Waals surface area contributed by atoms with Crippen LogP contribution in [0.1, 0.15) is 64.2 Å². The third kappa shape index (κ3) is 7.93. The third-order valence-corrected chi connectivity index (χ3v) is 3.97. The summed E-state index contributed by atoms with van der Waals surface area (Å²) in [7, 11) is -4.64. The van der Waals surface area contributed by atoms with E-state index in [9.17, 15) is 0 Å². The van der Waals surface area contributed by atoms with Crippen LogP contribution in [0, 0.1) is 11.8 Å². The van der Waals surface area contributed by atoms with E-state index in [1.807, 2.05) is 0 Å². The summed E-state index contributed by atoms with van der Waals surface area (Å²) in [6.45, 7) is 0. The predicted molar refractivity (Wildman–Crippen MR) is 67.4 cm³/mol. The molecule has 0 radical (unpaired) electrons. The van der Waals surface area contributed by atoms with Crippen LogP contribution in [-0.2, 0) is 4.57 Å². The maximum atomic E-state index is 8.88. The second-order valence-corrected chi connectivity index (χ2v) is 6.34. The van der Waals surface area contributed by atoms with Crippen LogP contribution in [0.15, 0.2) is 0 Å². The summed E-state index contributed by atoms with van der Waals surface area (Å²) in [6, 6.07) is 0. The van der Waals surface area contributed by atoms with E-state index in [2.05, 4.69) is 0 Å². The summed E-state index contributed by atoms with van der Waals surface area (Å²) < 4.78 is 8.88. The summed E-state index contributed by atoms with van der Waals surface area (Å²) in [6.07, 6.45) is 15.4. The summed E-state index contributed by atoms with van der Waals surface area (Å²) in [5, 5.41) is 0. The maximum absolute atomic E-state index is 8.88. The second kappa shape index (κ2) is 7.52. The van der Waals surface area contributed by atoms with Crippen LogP contribution in [0.25, 0.3) is 0 Å². The fourth-order valence-electron chi connectivity index (χ4n) is 3.21. The van der Waals surface area contributed by atoms with Crippen molar-refractivity contribution >= 4 is 7.82 Å². The van der Waals surface area contributed by atoms with Gasteiger partial charge in [0.05, 0.1) is 0 Å². The van der Waals surface area contributed by atoms with Crippen LogP contribution < -0.4 is 0 Å². The van der Waals surface area contributed by atoms with Crippen LogP contribution in [0.2, 0.25) is 0 Å². The molecule has 0 unspecified atom stereocenters. The number of hydrogen-bond acceptors (Lipinski definition) is 1. The number of hydrogen-bond donors (Lipinski definition) is 3. The topological polar surface area (TPSA) is 77.8 Å². The Labute approximate surface area is 104 Å². The van der Waals surface area contributed by atoms with Crippen molar-refractivity contribution in [1.82, 2.24) is 0 Å². The predicted octanol–water partition coefficient (Wildman–Crippen LogP) is 3.22. The van der Waals surface area contributed by atoms with Crippen LogP contribution in [0.4, 0.5) is 0 Å². The van der Waals surface area contributed by atoms with Crippen LogP contribution in [-0.4, -0.2) is 14.7 Å². The fourth-order valence-corrected chi connectivity index (χ4v) is 3.21. The van der Waals surface area contributed by atoms with Gasteiger partial charge >= 0.3 is 7.82 Å². The molecule has 17 heavy (non-hydrogen) atoms. The molecule has 0 saturated heterocycles. The van der Waals surface area contributed by atoms with Gasteiger partial charge in [0.1, 0.15) is 0 Å². The number of phosphoric acid groups is 1. The second-order valence-electron chi connectivity index (χ2n) is 5.31. The molecule has 0 atom stereocenters. The minimum absolute atomic E-state index is 1.14. The summed E-state index contributed by atoms with van der Waals surface area (Å²) >= 11 is 0. The Morgan fingerprint density at radius 3 is 1.12 bits per heavy atom. The molecule has 5 heteroatoms. The third-order valence-electron chi connectivity index (χ3n) is 3.97. The molecular weight excluding hydrogens is 239 g/mol. The van der Waals surface area contributed by atoms with Crippen LogP contribution in [0.3, 0.4) is 0 Å². The first-order valence-corrected chi connectivity index (χ1v) is 8.31. The smallest absolute Gasteiger partial charge is 0.303 e. The van der Waals surface area contributed by atoms with Gasteiger partial charge in [0.15, 0.2) is 0 Å².